The van der Waals surface area contributed by atoms with Crippen molar-refractivity contribution >= 4 is 5.91 Å². The lowest BCUT2D eigenvalue weighted by Crippen LogP contribution is -2.41. The van der Waals surface area contributed by atoms with Gasteiger partial charge in [0.2, 0.25) is 11.7 Å². The number of carbonyl (C=O) groups is 1. The zero-order valence-corrected chi connectivity index (χ0v) is 15.4. The van der Waals surface area contributed by atoms with E-state index in [0.717, 1.165) is 31.2 Å². The highest BCUT2D eigenvalue weighted by Gasteiger charge is 2.29. The van der Waals surface area contributed by atoms with Crippen molar-refractivity contribution in [3.63, 3.8) is 0 Å². The summed E-state index contributed by atoms with van der Waals surface area (Å²) in [5.74, 6) is 1.60. The molecular formula is C21H23N3O3. The summed E-state index contributed by atoms with van der Waals surface area (Å²) in [4.78, 5) is 19.6. The second-order valence-corrected chi connectivity index (χ2v) is 6.99. The Morgan fingerprint density at radius 3 is 2.63 bits per heavy atom. The highest BCUT2D eigenvalue weighted by atomic mass is 16.5. The van der Waals surface area contributed by atoms with E-state index in [1.807, 2.05) is 42.2 Å². The smallest absolute Gasteiger partial charge is 0.258 e. The molecular weight excluding hydrogens is 342 g/mol. The van der Waals surface area contributed by atoms with Crippen LogP contribution in [0.3, 0.4) is 0 Å². The fourth-order valence-electron chi connectivity index (χ4n) is 3.69. The minimum atomic E-state index is -0.0346. The summed E-state index contributed by atoms with van der Waals surface area (Å²) in [5.41, 5.74) is 1.50. The van der Waals surface area contributed by atoms with Crippen LogP contribution in [-0.4, -0.2) is 27.0 Å². The van der Waals surface area contributed by atoms with Gasteiger partial charge in [0, 0.05) is 11.6 Å². The van der Waals surface area contributed by atoms with Crippen molar-refractivity contribution in [2.45, 2.75) is 51.6 Å². The van der Waals surface area contributed by atoms with Gasteiger partial charge in [-0.1, -0.05) is 54.8 Å². The molecule has 0 N–H and O–H groups in total. The van der Waals surface area contributed by atoms with E-state index in [1.54, 1.807) is 12.3 Å². The standard InChI is InChI=1S/C21H23N3O3/c1-15-18(12-13-26-15)21(25)24(17-10-6-3-7-11-17)14-19-22-20(23-27-19)16-8-4-2-5-9-16/h2,4-5,8-9,12-13,17H,3,6-7,10-11,14H2,1H3. The van der Waals surface area contributed by atoms with Gasteiger partial charge in [0.15, 0.2) is 0 Å². The van der Waals surface area contributed by atoms with Crippen LogP contribution in [0.5, 0.6) is 0 Å². The minimum absolute atomic E-state index is 0.0346. The average Bonchev–Trinajstić information content (AvgIpc) is 3.36. The van der Waals surface area contributed by atoms with Crippen molar-refractivity contribution in [3.05, 3.63) is 59.9 Å². The number of nitrogens with zero attached hydrogens (tertiary/aromatic N) is 3. The second-order valence-electron chi connectivity index (χ2n) is 6.99. The first-order valence-corrected chi connectivity index (χ1v) is 9.45. The molecule has 1 amide bonds. The zero-order valence-electron chi connectivity index (χ0n) is 15.4. The van der Waals surface area contributed by atoms with Gasteiger partial charge in [0.05, 0.1) is 11.8 Å². The van der Waals surface area contributed by atoms with Gasteiger partial charge in [-0.3, -0.25) is 4.79 Å². The summed E-state index contributed by atoms with van der Waals surface area (Å²) >= 11 is 0. The normalized spacial score (nSPS) is 15.0. The molecule has 0 aliphatic heterocycles. The first-order chi connectivity index (χ1) is 13.2. The van der Waals surface area contributed by atoms with E-state index in [2.05, 4.69) is 10.1 Å². The summed E-state index contributed by atoms with van der Waals surface area (Å²) in [6, 6.07) is 11.6. The van der Waals surface area contributed by atoms with Crippen molar-refractivity contribution in [3.8, 4) is 11.4 Å². The number of benzene rings is 1. The molecule has 0 atom stereocenters. The van der Waals surface area contributed by atoms with Gasteiger partial charge in [-0.2, -0.15) is 4.98 Å². The number of hydrogen-bond donors (Lipinski definition) is 0. The molecule has 2 aromatic heterocycles. The van der Waals surface area contributed by atoms with Crippen molar-refractivity contribution < 1.29 is 13.7 Å². The Morgan fingerprint density at radius 1 is 1.15 bits per heavy atom. The fourth-order valence-corrected chi connectivity index (χ4v) is 3.69. The van der Waals surface area contributed by atoms with Crippen LogP contribution in [0, 0.1) is 6.92 Å². The van der Waals surface area contributed by atoms with Crippen molar-refractivity contribution in [2.75, 3.05) is 0 Å². The third kappa shape index (κ3) is 3.79. The van der Waals surface area contributed by atoms with Crippen LogP contribution >= 0.6 is 0 Å². The van der Waals surface area contributed by atoms with Crippen LogP contribution in [0.4, 0.5) is 0 Å². The topological polar surface area (TPSA) is 72.4 Å². The van der Waals surface area contributed by atoms with Gasteiger partial charge in [-0.15, -0.1) is 0 Å². The van der Waals surface area contributed by atoms with E-state index in [1.165, 1.54) is 6.42 Å². The number of rotatable bonds is 5. The van der Waals surface area contributed by atoms with Gasteiger partial charge in [-0.05, 0) is 25.8 Å². The summed E-state index contributed by atoms with van der Waals surface area (Å²) in [7, 11) is 0. The maximum Gasteiger partial charge on any atom is 0.258 e. The van der Waals surface area contributed by atoms with Crippen molar-refractivity contribution in [2.24, 2.45) is 0 Å². The molecule has 1 aromatic carbocycles. The fraction of sp³-hybridized carbons (Fsp3) is 0.381. The van der Waals surface area contributed by atoms with Crippen LogP contribution < -0.4 is 0 Å². The molecule has 27 heavy (non-hydrogen) atoms. The Balaban J connectivity index is 1.58. The van der Waals surface area contributed by atoms with Crippen LogP contribution in [0.2, 0.25) is 0 Å². The number of aryl methyl sites for hydroxylation is 1. The molecule has 1 aliphatic rings. The molecule has 140 valence electrons. The summed E-state index contributed by atoms with van der Waals surface area (Å²) in [6.45, 7) is 2.13. The molecule has 1 fully saturated rings. The van der Waals surface area contributed by atoms with E-state index in [0.29, 0.717) is 29.6 Å². The van der Waals surface area contributed by atoms with Gasteiger partial charge in [0.1, 0.15) is 12.3 Å². The van der Waals surface area contributed by atoms with Crippen LogP contribution in [-0.2, 0) is 6.54 Å². The molecule has 0 spiro atoms. The lowest BCUT2D eigenvalue weighted by atomic mass is 9.93. The van der Waals surface area contributed by atoms with E-state index < -0.39 is 0 Å². The van der Waals surface area contributed by atoms with Crippen molar-refractivity contribution in [1.82, 2.24) is 15.0 Å². The monoisotopic (exact) mass is 365 g/mol. The Bertz CT molecular complexity index is 894. The predicted molar refractivity (Wildman–Crippen MR) is 99.9 cm³/mol. The predicted octanol–water partition coefficient (Wildman–Crippen LogP) is 4.61. The third-order valence-electron chi connectivity index (χ3n) is 5.17. The second kappa shape index (κ2) is 7.78. The van der Waals surface area contributed by atoms with Crippen LogP contribution in [0.15, 0.2) is 51.6 Å². The highest BCUT2D eigenvalue weighted by molar-refractivity contribution is 5.95. The lowest BCUT2D eigenvalue weighted by Gasteiger charge is -2.33. The number of aromatic nitrogens is 2. The molecule has 0 radical (unpaired) electrons. The van der Waals surface area contributed by atoms with Crippen LogP contribution in [0.25, 0.3) is 11.4 Å². The Kier molecular flexibility index (Phi) is 5.05. The van der Waals surface area contributed by atoms with E-state index in [-0.39, 0.29) is 11.9 Å². The van der Waals surface area contributed by atoms with E-state index >= 15 is 0 Å². The summed E-state index contributed by atoms with van der Waals surface area (Å²) < 4.78 is 10.8. The van der Waals surface area contributed by atoms with E-state index in [4.69, 9.17) is 8.94 Å². The number of furan rings is 1. The molecule has 0 saturated heterocycles. The Labute approximate surface area is 158 Å². The third-order valence-corrected chi connectivity index (χ3v) is 5.17. The summed E-state index contributed by atoms with van der Waals surface area (Å²) in [6.07, 6.45) is 7.06. The van der Waals surface area contributed by atoms with Gasteiger partial charge < -0.3 is 13.8 Å². The lowest BCUT2D eigenvalue weighted by molar-refractivity contribution is 0.0584. The minimum Gasteiger partial charge on any atom is -0.469 e. The first-order valence-electron chi connectivity index (χ1n) is 9.45. The molecule has 3 aromatic rings. The summed E-state index contributed by atoms with van der Waals surface area (Å²) in [5, 5.41) is 4.08. The molecule has 2 heterocycles. The molecule has 1 aliphatic carbocycles. The molecule has 0 bridgehead atoms. The highest BCUT2D eigenvalue weighted by Crippen LogP contribution is 2.27. The number of carbonyl (C=O) groups excluding carboxylic acids is 1. The molecule has 6 nitrogen and oxygen atoms in total. The Hall–Kier alpha value is -2.89. The number of amides is 1. The van der Waals surface area contributed by atoms with Gasteiger partial charge >= 0.3 is 0 Å². The molecule has 6 heteroatoms. The van der Waals surface area contributed by atoms with Crippen molar-refractivity contribution in [1.29, 1.82) is 0 Å². The maximum absolute atomic E-state index is 13.2. The maximum atomic E-state index is 13.2. The molecule has 1 saturated carbocycles. The first kappa shape index (κ1) is 17.5. The number of hydrogen-bond acceptors (Lipinski definition) is 5. The average molecular weight is 365 g/mol. The quantitative estimate of drug-likeness (QED) is 0.660. The molecule has 0 unspecified atom stereocenters. The van der Waals surface area contributed by atoms with Crippen LogP contribution in [0.1, 0.15) is 54.1 Å². The zero-order chi connectivity index (χ0) is 18.6. The van der Waals surface area contributed by atoms with E-state index in [9.17, 15) is 4.79 Å². The largest absolute Gasteiger partial charge is 0.469 e. The Morgan fingerprint density at radius 2 is 1.93 bits per heavy atom. The molecule has 4 rings (SSSR count). The van der Waals surface area contributed by atoms with Gasteiger partial charge in [-0.25, -0.2) is 0 Å². The van der Waals surface area contributed by atoms with Gasteiger partial charge in [0.25, 0.3) is 5.91 Å². The SMILES string of the molecule is Cc1occc1C(=O)N(Cc1nc(-c2ccccc2)no1)C1CCCCC1.